The fourth-order valence-electron chi connectivity index (χ4n) is 3.48. The lowest BCUT2D eigenvalue weighted by molar-refractivity contribution is -0.118. The van der Waals surface area contributed by atoms with Crippen molar-refractivity contribution in [3.05, 3.63) is 77.7 Å². The zero-order chi connectivity index (χ0) is 23.3. The van der Waals surface area contributed by atoms with Gasteiger partial charge in [-0.2, -0.15) is 0 Å². The maximum atomic E-state index is 12.5. The van der Waals surface area contributed by atoms with E-state index in [2.05, 4.69) is 5.32 Å². The van der Waals surface area contributed by atoms with Crippen molar-refractivity contribution in [3.8, 4) is 0 Å². The molecule has 0 spiro atoms. The molecule has 3 amide bonds. The first-order valence-electron chi connectivity index (χ1n) is 9.90. The Morgan fingerprint density at radius 2 is 1.72 bits per heavy atom. The fraction of sp³-hybridized carbons (Fsp3) is 0.273. The lowest BCUT2D eigenvalue weighted by atomic mass is 10.1. The number of amides is 3. The van der Waals surface area contributed by atoms with Gasteiger partial charge in [-0.05, 0) is 23.8 Å². The molecule has 3 rings (SSSR count). The van der Waals surface area contributed by atoms with Gasteiger partial charge in [0.25, 0.3) is 5.91 Å². The van der Waals surface area contributed by atoms with E-state index in [1.807, 2.05) is 0 Å². The molecule has 4 N–H and O–H groups in total. The third-order valence-corrected chi connectivity index (χ3v) is 6.53. The van der Waals surface area contributed by atoms with Crippen LogP contribution in [0, 0.1) is 6.42 Å². The molecule has 2 unspecified atom stereocenters. The molecule has 1 aliphatic heterocycles. The molecule has 2 aromatic rings. The van der Waals surface area contributed by atoms with Gasteiger partial charge in [0.15, 0.2) is 9.84 Å². The molecule has 0 aromatic heterocycles. The smallest absolute Gasteiger partial charge is 0.254 e. The minimum Gasteiger partial charge on any atom is -0.389 e. The van der Waals surface area contributed by atoms with Crippen molar-refractivity contribution in [2.75, 3.05) is 18.8 Å². The Bertz CT molecular complexity index is 1100. The number of nitrogens with two attached hydrogens (primary N) is 1. The molecule has 10 heteroatoms. The number of aliphatic hydroxyl groups is 1. The Morgan fingerprint density at radius 1 is 1.06 bits per heavy atom. The largest absolute Gasteiger partial charge is 0.389 e. The first-order valence-corrected chi connectivity index (χ1v) is 11.7. The maximum Gasteiger partial charge on any atom is 0.254 e. The summed E-state index contributed by atoms with van der Waals surface area (Å²) in [6.07, 6.45) is -0.00423. The Balaban J connectivity index is 1.53. The number of nitrogens with zero attached hydrogens (tertiary/aromatic N) is 1. The molecule has 0 bridgehead atoms. The summed E-state index contributed by atoms with van der Waals surface area (Å²) in [5.41, 5.74) is 6.11. The van der Waals surface area contributed by atoms with Crippen molar-refractivity contribution in [2.24, 2.45) is 5.73 Å². The highest BCUT2D eigenvalue weighted by Gasteiger charge is 2.35. The van der Waals surface area contributed by atoms with Gasteiger partial charge in [-0.25, -0.2) is 8.42 Å². The van der Waals surface area contributed by atoms with E-state index in [0.717, 1.165) is 6.42 Å². The van der Waals surface area contributed by atoms with Gasteiger partial charge in [-0.1, -0.05) is 36.4 Å². The van der Waals surface area contributed by atoms with Crippen LogP contribution in [0.3, 0.4) is 0 Å². The van der Waals surface area contributed by atoms with Crippen LogP contribution >= 0.6 is 0 Å². The first kappa shape index (κ1) is 23.4. The fourth-order valence-corrected chi connectivity index (χ4v) is 4.73. The van der Waals surface area contributed by atoms with Gasteiger partial charge in [-0.15, -0.1) is 0 Å². The monoisotopic (exact) mass is 458 g/mol. The predicted molar refractivity (Wildman–Crippen MR) is 117 cm³/mol. The van der Waals surface area contributed by atoms with E-state index >= 15 is 0 Å². The Morgan fingerprint density at radius 3 is 2.41 bits per heavy atom. The van der Waals surface area contributed by atoms with Gasteiger partial charge in [-0.3, -0.25) is 14.4 Å². The quantitative estimate of drug-likeness (QED) is 0.504. The van der Waals surface area contributed by atoms with Crippen LogP contribution in [0.1, 0.15) is 26.3 Å². The van der Waals surface area contributed by atoms with Crippen LogP contribution in [0.5, 0.6) is 0 Å². The number of hydrogen-bond donors (Lipinski definition) is 3. The molecular formula is C22H24N3O6S. The van der Waals surface area contributed by atoms with E-state index < -0.39 is 45.3 Å². The molecule has 1 aliphatic rings. The standard InChI is InChI=1S/C22H24N3O6S/c23-21(28)17-9-5-4-8-16(17)14-32(30,31)11-10-20(27)24-18-12-25(13-19(18)26)22(29)15-6-2-1-3-7-15/h1-10,18-19,26H,11-14H2,(H2,23,28)(H,24,27). The second kappa shape index (κ2) is 9.92. The third kappa shape index (κ3) is 5.92. The molecule has 2 aromatic carbocycles. The van der Waals surface area contributed by atoms with Crippen molar-refractivity contribution < 1.29 is 27.9 Å². The van der Waals surface area contributed by atoms with E-state index in [1.165, 1.54) is 17.0 Å². The molecule has 1 heterocycles. The summed E-state index contributed by atoms with van der Waals surface area (Å²) in [5, 5.41) is 12.8. The molecule has 32 heavy (non-hydrogen) atoms. The lowest BCUT2D eigenvalue weighted by Crippen LogP contribution is -2.43. The second-order valence-corrected chi connectivity index (χ2v) is 9.65. The summed E-state index contributed by atoms with van der Waals surface area (Å²) in [4.78, 5) is 37.7. The summed E-state index contributed by atoms with van der Waals surface area (Å²) in [5.74, 6) is -2.67. The number of primary amides is 1. The van der Waals surface area contributed by atoms with Crippen LogP contribution in [0.15, 0.2) is 54.6 Å². The predicted octanol–water partition coefficient (Wildman–Crippen LogP) is -0.0937. The topological polar surface area (TPSA) is 147 Å². The normalized spacial score (nSPS) is 18.3. The average molecular weight is 459 g/mol. The highest BCUT2D eigenvalue weighted by atomic mass is 32.2. The number of carbonyl (C=O) groups excluding carboxylic acids is 3. The Labute approximate surface area is 186 Å². The van der Waals surface area contributed by atoms with E-state index in [1.54, 1.807) is 42.5 Å². The van der Waals surface area contributed by atoms with Crippen molar-refractivity contribution >= 4 is 27.6 Å². The summed E-state index contributed by atoms with van der Waals surface area (Å²) in [7, 11) is -3.74. The molecule has 0 saturated carbocycles. The lowest BCUT2D eigenvalue weighted by Gasteiger charge is -2.17. The van der Waals surface area contributed by atoms with Crippen molar-refractivity contribution in [1.29, 1.82) is 0 Å². The highest BCUT2D eigenvalue weighted by Crippen LogP contribution is 2.16. The van der Waals surface area contributed by atoms with Gasteiger partial charge in [0, 0.05) is 24.2 Å². The van der Waals surface area contributed by atoms with Gasteiger partial charge in [0.1, 0.15) is 0 Å². The number of β-amino-alcohol motifs (C(OH)–C–C–N with tert-alkyl or cyclic N) is 1. The number of carbonyl (C=O) groups is 3. The number of sulfone groups is 1. The Hall–Kier alpha value is -3.24. The van der Waals surface area contributed by atoms with E-state index in [9.17, 15) is 27.9 Å². The van der Waals surface area contributed by atoms with Crippen molar-refractivity contribution in [2.45, 2.75) is 17.9 Å². The molecule has 1 radical (unpaired) electrons. The number of aliphatic hydroxyl groups excluding tert-OH is 1. The van der Waals surface area contributed by atoms with Crippen LogP contribution in [-0.2, 0) is 20.4 Å². The second-order valence-electron chi connectivity index (χ2n) is 7.54. The number of hydrogen-bond acceptors (Lipinski definition) is 6. The summed E-state index contributed by atoms with van der Waals surface area (Å²) < 4.78 is 24.8. The third-order valence-electron chi connectivity index (χ3n) is 5.11. The molecule has 9 nitrogen and oxygen atoms in total. The molecule has 2 atom stereocenters. The first-order chi connectivity index (χ1) is 15.2. The zero-order valence-electron chi connectivity index (χ0n) is 17.2. The van der Waals surface area contributed by atoms with Crippen LogP contribution in [0.2, 0.25) is 0 Å². The number of nitrogens with one attached hydrogen (secondary N) is 1. The SMILES string of the molecule is NC(=O)c1ccccc1CS(=O)(=O)C[CH]C(=O)NC1CN(C(=O)c2ccccc2)CC1O. The van der Waals surface area contributed by atoms with Gasteiger partial charge >= 0.3 is 0 Å². The molecule has 1 saturated heterocycles. The van der Waals surface area contributed by atoms with Gasteiger partial charge < -0.3 is 21.1 Å². The van der Waals surface area contributed by atoms with Gasteiger partial charge in [0.2, 0.25) is 11.8 Å². The molecule has 1 fully saturated rings. The summed E-state index contributed by atoms with van der Waals surface area (Å²) in [6.45, 7) is 0.161. The van der Waals surface area contributed by atoms with Crippen LogP contribution in [-0.4, -0.2) is 67.1 Å². The number of benzene rings is 2. The minimum atomic E-state index is -3.74. The van der Waals surface area contributed by atoms with Crippen LogP contribution in [0.4, 0.5) is 0 Å². The molecular weight excluding hydrogens is 434 g/mol. The minimum absolute atomic E-state index is 0.0564. The summed E-state index contributed by atoms with van der Waals surface area (Å²) >= 11 is 0. The highest BCUT2D eigenvalue weighted by molar-refractivity contribution is 7.90. The zero-order valence-corrected chi connectivity index (χ0v) is 18.0. The molecule has 0 aliphatic carbocycles. The number of rotatable bonds is 8. The van der Waals surface area contributed by atoms with Crippen LogP contribution < -0.4 is 11.1 Å². The van der Waals surface area contributed by atoms with E-state index in [-0.39, 0.29) is 30.1 Å². The number of likely N-dealkylation sites (tertiary alicyclic amines) is 1. The van der Waals surface area contributed by atoms with E-state index in [0.29, 0.717) is 5.56 Å². The van der Waals surface area contributed by atoms with Crippen molar-refractivity contribution in [1.82, 2.24) is 10.2 Å². The Kier molecular flexibility index (Phi) is 7.26. The molecule has 169 valence electrons. The summed E-state index contributed by atoms with van der Waals surface area (Å²) in [6, 6.07) is 14.0. The average Bonchev–Trinajstić information content (AvgIpc) is 3.12. The van der Waals surface area contributed by atoms with Crippen LogP contribution in [0.25, 0.3) is 0 Å². The maximum absolute atomic E-state index is 12.5. The van der Waals surface area contributed by atoms with E-state index in [4.69, 9.17) is 5.73 Å². The van der Waals surface area contributed by atoms with Crippen molar-refractivity contribution in [3.63, 3.8) is 0 Å². The van der Waals surface area contributed by atoms with Gasteiger partial charge in [0.05, 0.1) is 30.1 Å².